The van der Waals surface area contributed by atoms with E-state index in [4.69, 9.17) is 10.5 Å². The zero-order valence-electron chi connectivity index (χ0n) is 10.9. The van der Waals surface area contributed by atoms with E-state index >= 15 is 0 Å². The van der Waals surface area contributed by atoms with Crippen LogP contribution >= 0.6 is 0 Å². The van der Waals surface area contributed by atoms with Crippen LogP contribution in [0, 0.1) is 17.5 Å². The van der Waals surface area contributed by atoms with Crippen molar-refractivity contribution >= 4 is 0 Å². The van der Waals surface area contributed by atoms with Gasteiger partial charge in [0.15, 0.2) is 0 Å². The van der Waals surface area contributed by atoms with Crippen molar-refractivity contribution in [2.24, 2.45) is 5.73 Å². The van der Waals surface area contributed by atoms with Crippen LogP contribution in [0.5, 0.6) is 5.75 Å². The molecule has 0 heterocycles. The van der Waals surface area contributed by atoms with Gasteiger partial charge in [0.25, 0.3) is 0 Å². The predicted molar refractivity (Wildman–Crippen MR) is 70.0 cm³/mol. The number of hydrogen-bond acceptors (Lipinski definition) is 2. The summed E-state index contributed by atoms with van der Waals surface area (Å²) in [4.78, 5) is 0. The lowest BCUT2D eigenvalue weighted by molar-refractivity contribution is 0.340. The van der Waals surface area contributed by atoms with Gasteiger partial charge in [-0.1, -0.05) is 12.1 Å². The first-order valence-electron chi connectivity index (χ1n) is 6.15. The molecule has 20 heavy (non-hydrogen) atoms. The molecule has 0 spiro atoms. The van der Waals surface area contributed by atoms with Crippen LogP contribution in [0.3, 0.4) is 0 Å². The largest absolute Gasteiger partial charge is 0.494 e. The third kappa shape index (κ3) is 2.93. The van der Waals surface area contributed by atoms with E-state index < -0.39 is 23.5 Å². The van der Waals surface area contributed by atoms with Crippen molar-refractivity contribution in [3.05, 3.63) is 65.0 Å². The van der Waals surface area contributed by atoms with Crippen molar-refractivity contribution in [3.8, 4) is 5.75 Å². The Hall–Kier alpha value is -2.01. The van der Waals surface area contributed by atoms with Crippen LogP contribution in [0.25, 0.3) is 0 Å². The van der Waals surface area contributed by atoms with Gasteiger partial charge in [-0.15, -0.1) is 0 Å². The number of benzene rings is 2. The van der Waals surface area contributed by atoms with Crippen LogP contribution in [0.15, 0.2) is 36.4 Å². The number of rotatable bonds is 4. The van der Waals surface area contributed by atoms with Gasteiger partial charge in [-0.3, -0.25) is 0 Å². The normalized spacial score (nSPS) is 12.2. The van der Waals surface area contributed by atoms with Gasteiger partial charge in [0.2, 0.25) is 0 Å². The molecule has 106 valence electrons. The SMILES string of the molecule is CCOc1ccc(C(N)c2c(F)cc(F)cc2F)cc1. The Morgan fingerprint density at radius 3 is 2.10 bits per heavy atom. The van der Waals surface area contributed by atoms with Crippen molar-refractivity contribution < 1.29 is 17.9 Å². The minimum absolute atomic E-state index is 0.351. The van der Waals surface area contributed by atoms with Gasteiger partial charge in [0, 0.05) is 17.7 Å². The Morgan fingerprint density at radius 2 is 1.60 bits per heavy atom. The number of hydrogen-bond donors (Lipinski definition) is 1. The van der Waals surface area contributed by atoms with E-state index in [-0.39, 0.29) is 5.56 Å². The van der Waals surface area contributed by atoms with Crippen molar-refractivity contribution in [3.63, 3.8) is 0 Å². The Morgan fingerprint density at radius 1 is 1.05 bits per heavy atom. The molecule has 2 aromatic rings. The molecule has 0 aliphatic carbocycles. The summed E-state index contributed by atoms with van der Waals surface area (Å²) in [7, 11) is 0. The molecule has 0 aliphatic heterocycles. The van der Waals surface area contributed by atoms with E-state index in [1.54, 1.807) is 24.3 Å². The first-order valence-corrected chi connectivity index (χ1v) is 6.15. The van der Waals surface area contributed by atoms with Gasteiger partial charge < -0.3 is 10.5 Å². The highest BCUT2D eigenvalue weighted by Crippen LogP contribution is 2.27. The summed E-state index contributed by atoms with van der Waals surface area (Å²) in [5, 5.41) is 0. The van der Waals surface area contributed by atoms with Crippen molar-refractivity contribution in [1.82, 2.24) is 0 Å². The lowest BCUT2D eigenvalue weighted by Crippen LogP contribution is -2.16. The summed E-state index contributed by atoms with van der Waals surface area (Å²) < 4.78 is 45.5. The standard InChI is InChI=1S/C15H14F3NO/c1-2-20-11-5-3-9(4-6-11)15(19)14-12(17)7-10(16)8-13(14)18/h3-8,15H,2,19H2,1H3. The smallest absolute Gasteiger partial charge is 0.134 e. The zero-order valence-corrected chi connectivity index (χ0v) is 10.9. The van der Waals surface area contributed by atoms with Gasteiger partial charge in [-0.2, -0.15) is 0 Å². The quantitative estimate of drug-likeness (QED) is 0.930. The number of halogens is 3. The summed E-state index contributed by atoms with van der Waals surface area (Å²) in [6.07, 6.45) is 0. The second-order valence-corrected chi connectivity index (χ2v) is 4.26. The average Bonchev–Trinajstić information content (AvgIpc) is 2.38. The van der Waals surface area contributed by atoms with Crippen LogP contribution in [0.2, 0.25) is 0 Å². The Bertz CT molecular complexity index is 576. The zero-order chi connectivity index (χ0) is 14.7. The van der Waals surface area contributed by atoms with E-state index in [1.165, 1.54) is 0 Å². The molecule has 0 amide bonds. The molecule has 0 saturated carbocycles. The lowest BCUT2D eigenvalue weighted by atomic mass is 9.98. The monoisotopic (exact) mass is 281 g/mol. The molecule has 2 rings (SSSR count). The molecule has 1 unspecified atom stereocenters. The molecule has 1 atom stereocenters. The number of ether oxygens (including phenoxy) is 1. The molecule has 0 bridgehead atoms. The Labute approximate surface area is 115 Å². The molecular weight excluding hydrogens is 267 g/mol. The van der Waals surface area contributed by atoms with Crippen molar-refractivity contribution in [2.75, 3.05) is 6.61 Å². The van der Waals surface area contributed by atoms with E-state index in [1.807, 2.05) is 6.92 Å². The fourth-order valence-electron chi connectivity index (χ4n) is 1.96. The maximum atomic E-state index is 13.7. The maximum Gasteiger partial charge on any atom is 0.134 e. The molecular formula is C15H14F3NO. The third-order valence-electron chi connectivity index (χ3n) is 2.91. The second kappa shape index (κ2) is 5.96. The van der Waals surface area contributed by atoms with Crippen LogP contribution in [-0.2, 0) is 0 Å². The molecule has 2 nitrogen and oxygen atoms in total. The fraction of sp³-hybridized carbons (Fsp3) is 0.200. The van der Waals surface area contributed by atoms with E-state index in [0.29, 0.717) is 30.1 Å². The van der Waals surface area contributed by atoms with E-state index in [2.05, 4.69) is 0 Å². The molecule has 0 saturated heterocycles. The van der Waals surface area contributed by atoms with Gasteiger partial charge in [0.05, 0.1) is 12.6 Å². The van der Waals surface area contributed by atoms with Gasteiger partial charge >= 0.3 is 0 Å². The van der Waals surface area contributed by atoms with Gasteiger partial charge in [-0.05, 0) is 24.6 Å². The Kier molecular flexibility index (Phi) is 4.29. The van der Waals surface area contributed by atoms with Crippen LogP contribution < -0.4 is 10.5 Å². The highest BCUT2D eigenvalue weighted by atomic mass is 19.1. The Balaban J connectivity index is 2.33. The summed E-state index contributed by atoms with van der Waals surface area (Å²) in [5.74, 6) is -2.32. The molecule has 0 radical (unpaired) electrons. The van der Waals surface area contributed by atoms with E-state index in [0.717, 1.165) is 0 Å². The van der Waals surface area contributed by atoms with Crippen LogP contribution in [0.4, 0.5) is 13.2 Å². The fourth-order valence-corrected chi connectivity index (χ4v) is 1.96. The van der Waals surface area contributed by atoms with Gasteiger partial charge in [0.1, 0.15) is 23.2 Å². The molecule has 0 aromatic heterocycles. The lowest BCUT2D eigenvalue weighted by Gasteiger charge is -2.15. The number of nitrogens with two attached hydrogens (primary N) is 1. The minimum Gasteiger partial charge on any atom is -0.494 e. The molecule has 0 aliphatic rings. The minimum atomic E-state index is -1.01. The first kappa shape index (κ1) is 14.4. The molecule has 2 N–H and O–H groups in total. The molecule has 5 heteroatoms. The van der Waals surface area contributed by atoms with Crippen LogP contribution in [-0.4, -0.2) is 6.61 Å². The van der Waals surface area contributed by atoms with Crippen LogP contribution in [0.1, 0.15) is 24.1 Å². The van der Waals surface area contributed by atoms with Crippen molar-refractivity contribution in [1.29, 1.82) is 0 Å². The maximum absolute atomic E-state index is 13.7. The highest BCUT2D eigenvalue weighted by molar-refractivity contribution is 5.36. The predicted octanol–water partition coefficient (Wildman–Crippen LogP) is 3.55. The summed E-state index contributed by atoms with van der Waals surface area (Å²) in [6.45, 7) is 2.37. The highest BCUT2D eigenvalue weighted by Gasteiger charge is 2.19. The molecule has 2 aromatic carbocycles. The summed E-state index contributed by atoms with van der Waals surface area (Å²) in [6, 6.07) is 6.80. The average molecular weight is 281 g/mol. The summed E-state index contributed by atoms with van der Waals surface area (Å²) >= 11 is 0. The third-order valence-corrected chi connectivity index (χ3v) is 2.91. The molecule has 0 fully saturated rings. The van der Waals surface area contributed by atoms with Crippen molar-refractivity contribution in [2.45, 2.75) is 13.0 Å². The first-order chi connectivity index (χ1) is 9.52. The topological polar surface area (TPSA) is 35.2 Å². The second-order valence-electron chi connectivity index (χ2n) is 4.26. The van der Waals surface area contributed by atoms with Gasteiger partial charge in [-0.25, -0.2) is 13.2 Å². The summed E-state index contributed by atoms with van der Waals surface area (Å²) in [5.41, 5.74) is 6.01. The van der Waals surface area contributed by atoms with E-state index in [9.17, 15) is 13.2 Å².